The Balaban J connectivity index is 1.37. The summed E-state index contributed by atoms with van der Waals surface area (Å²) in [6.07, 6.45) is 1.66. The van der Waals surface area contributed by atoms with Crippen LogP contribution in [0, 0.1) is 0 Å². The molecule has 4 rings (SSSR count). The summed E-state index contributed by atoms with van der Waals surface area (Å²) in [5.74, 6) is 0.663. The van der Waals surface area contributed by atoms with Gasteiger partial charge in [-0.1, -0.05) is 65.6 Å². The van der Waals surface area contributed by atoms with Crippen molar-refractivity contribution in [1.29, 1.82) is 0 Å². The van der Waals surface area contributed by atoms with Crippen molar-refractivity contribution in [3.8, 4) is 0 Å². The molecule has 2 aromatic heterocycles. The highest BCUT2D eigenvalue weighted by Crippen LogP contribution is 2.30. The van der Waals surface area contributed by atoms with E-state index in [1.165, 1.54) is 32.7 Å². The summed E-state index contributed by atoms with van der Waals surface area (Å²) in [6.45, 7) is 0.258. The van der Waals surface area contributed by atoms with E-state index in [2.05, 4.69) is 27.3 Å². The molecule has 7 nitrogen and oxygen atoms in total. The van der Waals surface area contributed by atoms with Crippen LogP contribution in [0.5, 0.6) is 0 Å². The molecule has 0 atom stereocenters. The quantitative estimate of drug-likeness (QED) is 0.325. The van der Waals surface area contributed by atoms with Crippen molar-refractivity contribution < 1.29 is 4.79 Å². The van der Waals surface area contributed by atoms with Crippen molar-refractivity contribution in [3.05, 3.63) is 76.8 Å². The number of carbonyl (C=O) groups excluding carboxylic acids is 1. The van der Waals surface area contributed by atoms with E-state index < -0.39 is 0 Å². The molecule has 152 valence electrons. The maximum atomic E-state index is 12.6. The van der Waals surface area contributed by atoms with Crippen LogP contribution in [0.3, 0.4) is 0 Å². The summed E-state index contributed by atoms with van der Waals surface area (Å²) in [4.78, 5) is 30.9. The van der Waals surface area contributed by atoms with Crippen molar-refractivity contribution in [2.75, 3.05) is 11.9 Å². The van der Waals surface area contributed by atoms with E-state index in [1.807, 2.05) is 24.3 Å². The number of aromatic nitrogens is 4. The van der Waals surface area contributed by atoms with Gasteiger partial charge in [-0.2, -0.15) is 0 Å². The fourth-order valence-corrected chi connectivity index (χ4v) is 4.65. The average Bonchev–Trinajstić information content (AvgIpc) is 3.26. The molecule has 30 heavy (non-hydrogen) atoms. The molecule has 0 aliphatic rings. The molecule has 0 radical (unpaired) electrons. The maximum Gasteiger partial charge on any atom is 0.261 e. The number of benzene rings is 2. The number of para-hydroxylation sites is 1. The molecule has 0 aliphatic carbocycles. The zero-order valence-electron chi connectivity index (χ0n) is 16.3. The number of anilines is 1. The van der Waals surface area contributed by atoms with Crippen LogP contribution in [0.2, 0.25) is 0 Å². The Hall–Kier alpha value is -3.04. The van der Waals surface area contributed by atoms with Crippen LogP contribution in [-0.2, 0) is 17.1 Å². The van der Waals surface area contributed by atoms with Gasteiger partial charge >= 0.3 is 0 Å². The smallest absolute Gasteiger partial charge is 0.261 e. The fourth-order valence-electron chi connectivity index (χ4n) is 2.87. The molecule has 0 spiro atoms. The van der Waals surface area contributed by atoms with Gasteiger partial charge in [-0.3, -0.25) is 19.1 Å². The molecule has 9 heteroatoms. The zero-order valence-corrected chi connectivity index (χ0v) is 17.9. The monoisotopic (exact) mass is 437 g/mol. The number of nitrogens with zero attached hydrogens (tertiary/aromatic N) is 5. The molecule has 0 aliphatic heterocycles. The summed E-state index contributed by atoms with van der Waals surface area (Å²) < 4.78 is 2.28. The number of carbonyl (C=O) groups is 1. The van der Waals surface area contributed by atoms with Gasteiger partial charge in [0, 0.05) is 25.8 Å². The lowest BCUT2D eigenvalue weighted by Gasteiger charge is -2.13. The van der Waals surface area contributed by atoms with Crippen LogP contribution in [-0.4, -0.2) is 32.7 Å². The minimum atomic E-state index is -0.147. The topological polar surface area (TPSA) is 81.0 Å². The third-order valence-electron chi connectivity index (χ3n) is 4.56. The predicted octanol–water partition coefficient (Wildman–Crippen LogP) is 3.59. The zero-order chi connectivity index (χ0) is 20.9. The van der Waals surface area contributed by atoms with E-state index in [4.69, 9.17) is 0 Å². The highest BCUT2D eigenvalue weighted by Gasteiger charge is 2.16. The first-order valence-electron chi connectivity index (χ1n) is 9.33. The largest absolute Gasteiger partial charge is 0.298 e. The molecule has 2 heterocycles. The Morgan fingerprint density at radius 2 is 1.87 bits per heavy atom. The van der Waals surface area contributed by atoms with Crippen molar-refractivity contribution in [2.45, 2.75) is 23.1 Å². The Morgan fingerprint density at radius 3 is 2.70 bits per heavy atom. The Bertz CT molecular complexity index is 1220. The minimum absolute atomic E-state index is 0.134. The first-order chi connectivity index (χ1) is 14.6. The molecule has 0 unspecified atom stereocenters. The van der Waals surface area contributed by atoms with E-state index in [0.717, 1.165) is 10.1 Å². The van der Waals surface area contributed by atoms with Crippen LogP contribution < -0.4 is 10.5 Å². The van der Waals surface area contributed by atoms with Crippen molar-refractivity contribution >= 4 is 45.0 Å². The lowest BCUT2D eigenvalue weighted by Crippen LogP contribution is -2.29. The number of aryl methyl sites for hydroxylation is 1. The van der Waals surface area contributed by atoms with Gasteiger partial charge in [0.1, 0.15) is 0 Å². The van der Waals surface area contributed by atoms with Gasteiger partial charge in [0.2, 0.25) is 11.0 Å². The highest BCUT2D eigenvalue weighted by molar-refractivity contribution is 8.00. The fraction of sp³-hybridized carbons (Fsp3) is 0.190. The molecular weight excluding hydrogens is 418 g/mol. The third kappa shape index (κ3) is 4.58. The van der Waals surface area contributed by atoms with Gasteiger partial charge in [0.25, 0.3) is 5.56 Å². The van der Waals surface area contributed by atoms with Crippen molar-refractivity contribution in [1.82, 2.24) is 19.7 Å². The molecule has 2 aromatic carbocycles. The van der Waals surface area contributed by atoms with E-state index in [-0.39, 0.29) is 24.4 Å². The van der Waals surface area contributed by atoms with E-state index in [9.17, 15) is 9.59 Å². The van der Waals surface area contributed by atoms with E-state index >= 15 is 0 Å². The van der Waals surface area contributed by atoms with Crippen LogP contribution in [0.15, 0.2) is 70.1 Å². The summed E-state index contributed by atoms with van der Waals surface area (Å²) in [7, 11) is 1.68. The van der Waals surface area contributed by atoms with Gasteiger partial charge < -0.3 is 0 Å². The standard InChI is InChI=1S/C21H19N5O2S2/c1-25(20-23-24-21(30-20)29-13-15-7-3-2-4-8-15)18(27)11-12-26-14-22-17-10-6-5-9-16(17)19(26)28/h2-10,14H,11-13H2,1H3. The molecule has 0 fully saturated rings. The normalized spacial score (nSPS) is 11.0. The van der Waals surface area contributed by atoms with Crippen LogP contribution in [0.1, 0.15) is 12.0 Å². The summed E-state index contributed by atoms with van der Waals surface area (Å²) in [6, 6.07) is 17.3. The SMILES string of the molecule is CN(C(=O)CCn1cnc2ccccc2c1=O)c1nnc(SCc2ccccc2)s1. The molecule has 0 saturated heterocycles. The Kier molecular flexibility index (Phi) is 6.20. The number of thioether (sulfide) groups is 1. The summed E-state index contributed by atoms with van der Waals surface area (Å²) in [5, 5.41) is 9.40. The molecule has 0 saturated carbocycles. The lowest BCUT2D eigenvalue weighted by atomic mass is 10.2. The van der Waals surface area contributed by atoms with Crippen LogP contribution in [0.4, 0.5) is 5.13 Å². The minimum Gasteiger partial charge on any atom is -0.298 e. The van der Waals surface area contributed by atoms with Crippen molar-refractivity contribution in [2.24, 2.45) is 0 Å². The molecular formula is C21H19N5O2S2. The average molecular weight is 438 g/mol. The van der Waals surface area contributed by atoms with E-state index in [0.29, 0.717) is 16.0 Å². The summed E-state index contributed by atoms with van der Waals surface area (Å²) in [5.41, 5.74) is 1.71. The highest BCUT2D eigenvalue weighted by atomic mass is 32.2. The number of hydrogen-bond acceptors (Lipinski definition) is 7. The van der Waals surface area contributed by atoms with Gasteiger partial charge in [-0.15, -0.1) is 10.2 Å². The third-order valence-corrected chi connectivity index (χ3v) is 6.76. The molecule has 0 N–H and O–H groups in total. The molecule has 0 bridgehead atoms. The second kappa shape index (κ2) is 9.19. The Labute approximate surface area is 181 Å². The lowest BCUT2D eigenvalue weighted by molar-refractivity contribution is -0.118. The van der Waals surface area contributed by atoms with Crippen LogP contribution >= 0.6 is 23.1 Å². The second-order valence-corrected chi connectivity index (χ2v) is 8.77. The first-order valence-corrected chi connectivity index (χ1v) is 11.1. The number of hydrogen-bond donors (Lipinski definition) is 0. The molecule has 1 amide bonds. The number of amides is 1. The van der Waals surface area contributed by atoms with Gasteiger partial charge in [0.05, 0.1) is 17.2 Å². The molecule has 4 aromatic rings. The van der Waals surface area contributed by atoms with Gasteiger partial charge in [0.15, 0.2) is 4.34 Å². The van der Waals surface area contributed by atoms with E-state index in [1.54, 1.807) is 37.0 Å². The summed E-state index contributed by atoms with van der Waals surface area (Å²) >= 11 is 2.97. The predicted molar refractivity (Wildman–Crippen MR) is 120 cm³/mol. The van der Waals surface area contributed by atoms with Crippen LogP contribution in [0.25, 0.3) is 10.9 Å². The van der Waals surface area contributed by atoms with Crippen molar-refractivity contribution in [3.63, 3.8) is 0 Å². The number of rotatable bonds is 7. The Morgan fingerprint density at radius 1 is 1.10 bits per heavy atom. The maximum absolute atomic E-state index is 12.6. The first kappa shape index (κ1) is 20.2. The van der Waals surface area contributed by atoms with Gasteiger partial charge in [-0.25, -0.2) is 4.98 Å². The van der Waals surface area contributed by atoms with Gasteiger partial charge in [-0.05, 0) is 17.7 Å². The number of fused-ring (bicyclic) bond motifs is 1. The second-order valence-electron chi connectivity index (χ2n) is 6.59.